The van der Waals surface area contributed by atoms with Crippen molar-refractivity contribution in [2.24, 2.45) is 0 Å². The van der Waals surface area contributed by atoms with E-state index in [4.69, 9.17) is 0 Å². The fourth-order valence-electron chi connectivity index (χ4n) is 0.775. The molecule has 0 spiro atoms. The summed E-state index contributed by atoms with van der Waals surface area (Å²) in [5.41, 5.74) is 1.76. The van der Waals surface area contributed by atoms with Crippen LogP contribution in [0.2, 0.25) is 0 Å². The van der Waals surface area contributed by atoms with E-state index in [9.17, 15) is 0 Å². The molecular weight excluding hydrogens is 220 g/mol. The van der Waals surface area contributed by atoms with Crippen LogP contribution >= 0.6 is 37.2 Å². The van der Waals surface area contributed by atoms with Gasteiger partial charge in [0, 0.05) is 6.20 Å². The third-order valence-corrected chi connectivity index (χ3v) is 1.19. The van der Waals surface area contributed by atoms with Gasteiger partial charge in [-0.25, -0.2) is 9.97 Å². The third kappa shape index (κ3) is 2.52. The third-order valence-electron chi connectivity index (χ3n) is 1.19. The van der Waals surface area contributed by atoms with Gasteiger partial charge in [0.05, 0.1) is 11.8 Å². The summed E-state index contributed by atoms with van der Waals surface area (Å²) in [6.45, 7) is 0. The maximum absolute atomic E-state index is 4.00. The Hall–Kier alpha value is -0.510. The first-order valence-corrected chi connectivity index (χ1v) is 2.71. The number of imidazole rings is 1. The molecule has 1 N–H and O–H groups in total. The number of fused-ring (bicyclic) bond motifs is 1. The van der Waals surface area contributed by atoms with Gasteiger partial charge in [0.2, 0.25) is 0 Å². The SMILES string of the molecule is Cl.Cl.Cl.c1cnc2nc[nH]c2c1. The number of aromatic amines is 1. The molecule has 0 aliphatic rings. The predicted octanol–water partition coefficient (Wildman–Crippen LogP) is 2.22. The molecule has 6 heteroatoms. The maximum Gasteiger partial charge on any atom is 0.177 e. The normalized spacial score (nSPS) is 7.67. The Labute approximate surface area is 88.2 Å². The van der Waals surface area contributed by atoms with Gasteiger partial charge in [-0.1, -0.05) is 0 Å². The Kier molecular flexibility index (Phi) is 7.09. The van der Waals surface area contributed by atoms with Crippen molar-refractivity contribution < 1.29 is 0 Å². The summed E-state index contributed by atoms with van der Waals surface area (Å²) in [4.78, 5) is 10.9. The molecule has 0 atom stereocenters. The first-order chi connectivity index (χ1) is 4.47. The van der Waals surface area contributed by atoms with Crippen LogP contribution < -0.4 is 0 Å². The zero-order valence-electron chi connectivity index (χ0n) is 5.93. The smallest absolute Gasteiger partial charge is 0.177 e. The Bertz CT molecular complexity index is 292. The van der Waals surface area contributed by atoms with E-state index in [0.29, 0.717) is 0 Å². The molecule has 2 rings (SSSR count). The highest BCUT2D eigenvalue weighted by atomic mass is 35.5. The molecule has 0 bridgehead atoms. The fourth-order valence-corrected chi connectivity index (χ4v) is 0.775. The second kappa shape index (κ2) is 6.06. The molecule has 0 saturated heterocycles. The molecule has 2 aromatic rings. The van der Waals surface area contributed by atoms with Crippen LogP contribution in [0, 0.1) is 0 Å². The lowest BCUT2D eigenvalue weighted by Gasteiger charge is -1.80. The van der Waals surface area contributed by atoms with Gasteiger partial charge in [0.15, 0.2) is 5.65 Å². The zero-order chi connectivity index (χ0) is 6.10. The molecule has 0 amide bonds. The summed E-state index contributed by atoms with van der Waals surface area (Å²) >= 11 is 0. The van der Waals surface area contributed by atoms with Crippen LogP contribution in [0.3, 0.4) is 0 Å². The predicted molar refractivity (Wildman–Crippen MR) is 55.6 cm³/mol. The molecule has 68 valence electrons. The summed E-state index contributed by atoms with van der Waals surface area (Å²) in [6.07, 6.45) is 3.36. The number of nitrogens with zero attached hydrogens (tertiary/aromatic N) is 2. The largest absolute Gasteiger partial charge is 0.343 e. The summed E-state index contributed by atoms with van der Waals surface area (Å²) in [5.74, 6) is 0. The molecule has 3 nitrogen and oxygen atoms in total. The van der Waals surface area contributed by atoms with Crippen LogP contribution in [0.25, 0.3) is 11.2 Å². The van der Waals surface area contributed by atoms with Gasteiger partial charge < -0.3 is 4.98 Å². The highest BCUT2D eigenvalue weighted by molar-refractivity contribution is 5.86. The molecule has 0 saturated carbocycles. The van der Waals surface area contributed by atoms with Crippen molar-refractivity contribution >= 4 is 48.4 Å². The van der Waals surface area contributed by atoms with Crippen molar-refractivity contribution in [1.82, 2.24) is 15.0 Å². The number of pyridine rings is 1. The van der Waals surface area contributed by atoms with E-state index in [-0.39, 0.29) is 37.2 Å². The second-order valence-corrected chi connectivity index (χ2v) is 1.78. The minimum absolute atomic E-state index is 0. The molecule has 0 fully saturated rings. The van der Waals surface area contributed by atoms with Gasteiger partial charge in [-0.15, -0.1) is 37.2 Å². The van der Waals surface area contributed by atoms with Gasteiger partial charge in [0.25, 0.3) is 0 Å². The average Bonchev–Trinajstić information content (AvgIpc) is 2.33. The van der Waals surface area contributed by atoms with Crippen LogP contribution in [0.4, 0.5) is 0 Å². The van der Waals surface area contributed by atoms with Gasteiger partial charge in [-0.2, -0.15) is 0 Å². The number of rotatable bonds is 0. The maximum atomic E-state index is 4.00. The lowest BCUT2D eigenvalue weighted by atomic mass is 10.4. The van der Waals surface area contributed by atoms with Crippen LogP contribution in [0.15, 0.2) is 24.7 Å². The van der Waals surface area contributed by atoms with Crippen molar-refractivity contribution in [3.05, 3.63) is 24.7 Å². The van der Waals surface area contributed by atoms with E-state index in [1.54, 1.807) is 12.5 Å². The molecule has 0 unspecified atom stereocenters. The fraction of sp³-hybridized carbons (Fsp3) is 0. The Balaban J connectivity index is 0. The molecule has 2 aromatic heterocycles. The quantitative estimate of drug-likeness (QED) is 0.751. The summed E-state index contributed by atoms with van der Waals surface area (Å²) in [7, 11) is 0. The van der Waals surface area contributed by atoms with Crippen molar-refractivity contribution in [2.75, 3.05) is 0 Å². The van der Waals surface area contributed by atoms with Crippen LogP contribution in [-0.4, -0.2) is 15.0 Å². The Morgan fingerprint density at radius 3 is 2.50 bits per heavy atom. The number of halogens is 3. The van der Waals surface area contributed by atoms with E-state index >= 15 is 0 Å². The molecule has 0 aliphatic heterocycles. The van der Waals surface area contributed by atoms with Crippen molar-refractivity contribution in [1.29, 1.82) is 0 Å². The van der Waals surface area contributed by atoms with Gasteiger partial charge in [0.1, 0.15) is 0 Å². The summed E-state index contributed by atoms with van der Waals surface area (Å²) in [6, 6.07) is 3.82. The number of H-pyrrole nitrogens is 1. The van der Waals surface area contributed by atoms with E-state index in [2.05, 4.69) is 15.0 Å². The monoisotopic (exact) mass is 227 g/mol. The Morgan fingerprint density at radius 2 is 1.83 bits per heavy atom. The average molecular weight is 229 g/mol. The van der Waals surface area contributed by atoms with Crippen LogP contribution in [0.1, 0.15) is 0 Å². The topological polar surface area (TPSA) is 41.6 Å². The van der Waals surface area contributed by atoms with Gasteiger partial charge in [-0.05, 0) is 12.1 Å². The second-order valence-electron chi connectivity index (χ2n) is 1.78. The number of hydrogen-bond acceptors (Lipinski definition) is 2. The molecule has 0 aromatic carbocycles. The highest BCUT2D eigenvalue weighted by Crippen LogP contribution is 2.01. The van der Waals surface area contributed by atoms with E-state index in [1.807, 2.05) is 12.1 Å². The molecule has 12 heavy (non-hydrogen) atoms. The number of nitrogens with one attached hydrogen (secondary N) is 1. The lowest BCUT2D eigenvalue weighted by Crippen LogP contribution is -1.71. The number of hydrogen-bond donors (Lipinski definition) is 1. The molecule has 0 radical (unpaired) electrons. The van der Waals surface area contributed by atoms with Crippen molar-refractivity contribution in [2.45, 2.75) is 0 Å². The first kappa shape index (κ1) is 14.0. The Morgan fingerprint density at radius 1 is 1.08 bits per heavy atom. The van der Waals surface area contributed by atoms with E-state index < -0.39 is 0 Å². The molecular formula is C6H8Cl3N3. The molecule has 0 aliphatic carbocycles. The van der Waals surface area contributed by atoms with Gasteiger partial charge in [-0.3, -0.25) is 0 Å². The van der Waals surface area contributed by atoms with Crippen LogP contribution in [0.5, 0.6) is 0 Å². The van der Waals surface area contributed by atoms with Gasteiger partial charge >= 0.3 is 0 Å². The van der Waals surface area contributed by atoms with Crippen molar-refractivity contribution in [3.8, 4) is 0 Å². The number of aromatic nitrogens is 3. The highest BCUT2D eigenvalue weighted by Gasteiger charge is 1.90. The molecule has 2 heterocycles. The van der Waals surface area contributed by atoms with Crippen molar-refractivity contribution in [3.63, 3.8) is 0 Å². The summed E-state index contributed by atoms with van der Waals surface area (Å²) in [5, 5.41) is 0. The lowest BCUT2D eigenvalue weighted by molar-refractivity contribution is 1.30. The first-order valence-electron chi connectivity index (χ1n) is 2.71. The zero-order valence-corrected chi connectivity index (χ0v) is 8.38. The van der Waals surface area contributed by atoms with E-state index in [0.717, 1.165) is 11.2 Å². The minimum atomic E-state index is 0. The summed E-state index contributed by atoms with van der Waals surface area (Å²) < 4.78 is 0. The van der Waals surface area contributed by atoms with Crippen LogP contribution in [-0.2, 0) is 0 Å². The standard InChI is InChI=1S/C6H5N3.3ClH/c1-2-5-6(7-3-1)9-4-8-5;;;/h1-4H,(H,7,8,9);3*1H. The minimum Gasteiger partial charge on any atom is -0.343 e. The van der Waals surface area contributed by atoms with E-state index in [1.165, 1.54) is 0 Å².